The van der Waals surface area contributed by atoms with E-state index in [-0.39, 0.29) is 11.9 Å². The Morgan fingerprint density at radius 1 is 1.38 bits per heavy atom. The zero-order valence-electron chi connectivity index (χ0n) is 11.6. The van der Waals surface area contributed by atoms with Gasteiger partial charge < -0.3 is 9.72 Å². The Balaban J connectivity index is 1.76. The van der Waals surface area contributed by atoms with Crippen molar-refractivity contribution in [3.05, 3.63) is 28.8 Å². The second-order valence-corrected chi connectivity index (χ2v) is 6.79. The SMILES string of the molecule is CC(C)Oc1ccnc(CS(=O)c2nc3cscc3[nH]2)n1. The van der Waals surface area contributed by atoms with Crippen molar-refractivity contribution >= 4 is 33.2 Å². The molecule has 0 aromatic carbocycles. The summed E-state index contributed by atoms with van der Waals surface area (Å²) in [5.41, 5.74) is 1.74. The number of hydrogen-bond donors (Lipinski definition) is 1. The lowest BCUT2D eigenvalue weighted by atomic mass is 10.5. The van der Waals surface area contributed by atoms with Gasteiger partial charge in [0.05, 0.1) is 28.2 Å². The minimum absolute atomic E-state index is 0.0369. The highest BCUT2D eigenvalue weighted by molar-refractivity contribution is 7.84. The van der Waals surface area contributed by atoms with Crippen molar-refractivity contribution in [1.82, 2.24) is 19.9 Å². The van der Waals surface area contributed by atoms with E-state index in [0.717, 1.165) is 11.0 Å². The molecule has 3 aromatic heterocycles. The molecule has 3 heterocycles. The van der Waals surface area contributed by atoms with Gasteiger partial charge in [-0.2, -0.15) is 4.98 Å². The molecule has 1 N–H and O–H groups in total. The largest absolute Gasteiger partial charge is 0.475 e. The number of nitrogens with one attached hydrogen (secondary N) is 1. The first-order chi connectivity index (χ1) is 10.1. The molecule has 0 amide bonds. The molecule has 0 aliphatic heterocycles. The maximum Gasteiger partial charge on any atom is 0.216 e. The number of rotatable bonds is 5. The van der Waals surface area contributed by atoms with Gasteiger partial charge in [0.1, 0.15) is 11.3 Å². The van der Waals surface area contributed by atoms with Gasteiger partial charge in [0.15, 0.2) is 5.16 Å². The molecule has 21 heavy (non-hydrogen) atoms. The van der Waals surface area contributed by atoms with Crippen LogP contribution in [-0.4, -0.2) is 30.2 Å². The van der Waals surface area contributed by atoms with E-state index >= 15 is 0 Å². The van der Waals surface area contributed by atoms with Gasteiger partial charge in [-0.15, -0.1) is 11.3 Å². The van der Waals surface area contributed by atoms with E-state index in [4.69, 9.17) is 4.74 Å². The van der Waals surface area contributed by atoms with Gasteiger partial charge in [0, 0.05) is 23.0 Å². The van der Waals surface area contributed by atoms with E-state index < -0.39 is 10.8 Å². The van der Waals surface area contributed by atoms with Crippen molar-refractivity contribution in [3.8, 4) is 5.88 Å². The molecule has 1 atom stereocenters. The molecule has 8 heteroatoms. The molecule has 3 rings (SSSR count). The molecule has 0 aliphatic rings. The summed E-state index contributed by atoms with van der Waals surface area (Å²) in [4.78, 5) is 15.7. The summed E-state index contributed by atoms with van der Waals surface area (Å²) >= 11 is 1.56. The van der Waals surface area contributed by atoms with E-state index in [0.29, 0.717) is 16.9 Å². The number of aromatic nitrogens is 4. The molecular weight excluding hydrogens is 308 g/mol. The third-order valence-corrected chi connectivity index (χ3v) is 4.49. The van der Waals surface area contributed by atoms with E-state index in [1.165, 1.54) is 0 Å². The highest BCUT2D eigenvalue weighted by Crippen LogP contribution is 2.19. The summed E-state index contributed by atoms with van der Waals surface area (Å²) in [5, 5.41) is 4.31. The van der Waals surface area contributed by atoms with Crippen LogP contribution < -0.4 is 4.74 Å². The van der Waals surface area contributed by atoms with Gasteiger partial charge in [0.2, 0.25) is 5.88 Å². The summed E-state index contributed by atoms with van der Waals surface area (Å²) in [6, 6.07) is 1.69. The Bertz CT molecular complexity index is 753. The van der Waals surface area contributed by atoms with Gasteiger partial charge in [-0.3, -0.25) is 4.21 Å². The molecule has 0 bridgehead atoms. The average Bonchev–Trinajstić information content (AvgIpc) is 2.98. The first-order valence-electron chi connectivity index (χ1n) is 6.40. The molecule has 0 aliphatic carbocycles. The summed E-state index contributed by atoms with van der Waals surface area (Å²) in [5.74, 6) is 1.17. The van der Waals surface area contributed by atoms with Crippen molar-refractivity contribution < 1.29 is 8.95 Å². The highest BCUT2D eigenvalue weighted by atomic mass is 32.2. The summed E-state index contributed by atoms with van der Waals surface area (Å²) in [6.07, 6.45) is 1.65. The molecule has 3 aromatic rings. The quantitative estimate of drug-likeness (QED) is 0.780. The Morgan fingerprint density at radius 2 is 2.24 bits per heavy atom. The van der Waals surface area contributed by atoms with Crippen LogP contribution in [-0.2, 0) is 16.6 Å². The van der Waals surface area contributed by atoms with Crippen LogP contribution in [0.25, 0.3) is 11.0 Å². The van der Waals surface area contributed by atoms with Crippen LogP contribution in [0.2, 0.25) is 0 Å². The number of H-pyrrole nitrogens is 1. The average molecular weight is 322 g/mol. The Labute approximate surface area is 128 Å². The first-order valence-corrected chi connectivity index (χ1v) is 8.67. The summed E-state index contributed by atoms with van der Waals surface area (Å²) in [7, 11) is -1.31. The van der Waals surface area contributed by atoms with Crippen LogP contribution in [0.5, 0.6) is 5.88 Å². The summed E-state index contributed by atoms with van der Waals surface area (Å²) in [6.45, 7) is 3.85. The Morgan fingerprint density at radius 3 is 3.00 bits per heavy atom. The minimum atomic E-state index is -1.31. The monoisotopic (exact) mass is 322 g/mol. The fourth-order valence-electron chi connectivity index (χ4n) is 1.77. The molecule has 0 spiro atoms. The topological polar surface area (TPSA) is 80.8 Å². The standard InChI is InChI=1S/C13H14N4O2S2/c1-8(2)19-12-3-4-14-11(17-12)7-21(18)13-15-9-5-20-6-10(9)16-13/h3-6,8H,7H2,1-2H3,(H,15,16). The van der Waals surface area contributed by atoms with Crippen molar-refractivity contribution in [3.63, 3.8) is 0 Å². The zero-order chi connectivity index (χ0) is 14.8. The van der Waals surface area contributed by atoms with Gasteiger partial charge in [0.25, 0.3) is 0 Å². The van der Waals surface area contributed by atoms with Crippen LogP contribution in [0, 0.1) is 0 Å². The minimum Gasteiger partial charge on any atom is -0.475 e. The number of aromatic amines is 1. The number of hydrogen-bond acceptors (Lipinski definition) is 6. The molecule has 0 saturated heterocycles. The molecule has 110 valence electrons. The Hall–Kier alpha value is -1.80. The number of thiophene rings is 1. The zero-order valence-corrected chi connectivity index (χ0v) is 13.2. The lowest BCUT2D eigenvalue weighted by Crippen LogP contribution is -2.09. The van der Waals surface area contributed by atoms with E-state index in [9.17, 15) is 4.21 Å². The Kier molecular flexibility index (Phi) is 3.98. The van der Waals surface area contributed by atoms with Gasteiger partial charge in [-0.05, 0) is 13.8 Å². The third kappa shape index (κ3) is 3.27. The second-order valence-electron chi connectivity index (χ2n) is 4.68. The number of imidazole rings is 1. The smallest absolute Gasteiger partial charge is 0.216 e. The normalized spacial score (nSPS) is 12.9. The predicted octanol–water partition coefficient (Wildman–Crippen LogP) is 2.51. The van der Waals surface area contributed by atoms with Gasteiger partial charge >= 0.3 is 0 Å². The molecule has 6 nitrogen and oxygen atoms in total. The molecule has 0 radical (unpaired) electrons. The van der Waals surface area contributed by atoms with Gasteiger partial charge in [-0.1, -0.05) is 0 Å². The van der Waals surface area contributed by atoms with Crippen molar-refractivity contribution in [2.75, 3.05) is 0 Å². The summed E-state index contributed by atoms with van der Waals surface area (Å²) < 4.78 is 17.8. The van der Waals surface area contributed by atoms with Crippen molar-refractivity contribution in [2.45, 2.75) is 30.9 Å². The fourth-order valence-corrected chi connectivity index (χ4v) is 3.40. The van der Waals surface area contributed by atoms with E-state index in [2.05, 4.69) is 19.9 Å². The maximum absolute atomic E-state index is 12.3. The van der Waals surface area contributed by atoms with Crippen molar-refractivity contribution in [1.29, 1.82) is 0 Å². The molecule has 0 saturated carbocycles. The van der Waals surface area contributed by atoms with Crippen LogP contribution in [0.3, 0.4) is 0 Å². The highest BCUT2D eigenvalue weighted by Gasteiger charge is 2.13. The third-order valence-electron chi connectivity index (χ3n) is 2.62. The van der Waals surface area contributed by atoms with E-state index in [1.807, 2.05) is 24.6 Å². The van der Waals surface area contributed by atoms with Crippen LogP contribution >= 0.6 is 11.3 Å². The number of fused-ring (bicyclic) bond motifs is 1. The van der Waals surface area contributed by atoms with Crippen LogP contribution in [0.15, 0.2) is 28.2 Å². The molecular formula is C13H14N4O2S2. The molecule has 1 unspecified atom stereocenters. The first kappa shape index (κ1) is 14.2. The van der Waals surface area contributed by atoms with E-state index in [1.54, 1.807) is 23.6 Å². The van der Waals surface area contributed by atoms with Crippen LogP contribution in [0.1, 0.15) is 19.7 Å². The number of nitrogens with zero attached hydrogens (tertiary/aromatic N) is 3. The second kappa shape index (κ2) is 5.90. The lowest BCUT2D eigenvalue weighted by molar-refractivity contribution is 0.231. The van der Waals surface area contributed by atoms with Crippen LogP contribution in [0.4, 0.5) is 0 Å². The maximum atomic E-state index is 12.3. The van der Waals surface area contributed by atoms with Crippen molar-refractivity contribution in [2.24, 2.45) is 0 Å². The molecule has 0 fully saturated rings. The predicted molar refractivity (Wildman–Crippen MR) is 81.9 cm³/mol. The number of ether oxygens (including phenoxy) is 1. The fraction of sp³-hybridized carbons (Fsp3) is 0.308. The lowest BCUT2D eigenvalue weighted by Gasteiger charge is -2.08. The van der Waals surface area contributed by atoms with Gasteiger partial charge in [-0.25, -0.2) is 9.97 Å².